The molecule has 0 aromatic heterocycles. The Morgan fingerprint density at radius 3 is 2.94 bits per heavy atom. The number of carboxylic acids is 1. The van der Waals surface area contributed by atoms with Crippen LogP contribution in [-0.2, 0) is 4.79 Å². The first-order chi connectivity index (χ1) is 8.50. The van der Waals surface area contributed by atoms with E-state index in [0.717, 1.165) is 16.0 Å². The number of rotatable bonds is 7. The van der Waals surface area contributed by atoms with Gasteiger partial charge in [0.15, 0.2) is 0 Å². The fourth-order valence-electron chi connectivity index (χ4n) is 1.13. The minimum Gasteiger partial charge on any atom is -0.492 e. The molecule has 0 aliphatic carbocycles. The first kappa shape index (κ1) is 15.7. The van der Waals surface area contributed by atoms with Gasteiger partial charge in [-0.2, -0.15) is 11.8 Å². The predicted molar refractivity (Wildman–Crippen MR) is 78.8 cm³/mol. The summed E-state index contributed by atoms with van der Waals surface area (Å²) in [5.74, 6) is 1.01. The average molecular weight is 354 g/mol. The fraction of sp³-hybridized carbons (Fsp3) is 0.417. The Hall–Kier alpha value is -0.390. The maximum absolute atomic E-state index is 10.6. The van der Waals surface area contributed by atoms with Crippen molar-refractivity contribution in [2.75, 3.05) is 18.1 Å². The molecule has 0 radical (unpaired) electrons. The molecule has 100 valence electrons. The SMILES string of the molecule is CC(CSCCOc1ccc(Cl)cc1Br)C(=O)O. The molecular weight excluding hydrogens is 340 g/mol. The van der Waals surface area contributed by atoms with Gasteiger partial charge in [0.05, 0.1) is 17.0 Å². The Labute approximate surface area is 124 Å². The average Bonchev–Trinajstić information content (AvgIpc) is 2.30. The highest BCUT2D eigenvalue weighted by Crippen LogP contribution is 2.28. The monoisotopic (exact) mass is 352 g/mol. The zero-order chi connectivity index (χ0) is 13.5. The van der Waals surface area contributed by atoms with Gasteiger partial charge < -0.3 is 9.84 Å². The van der Waals surface area contributed by atoms with E-state index in [4.69, 9.17) is 21.4 Å². The predicted octanol–water partition coefficient (Wildman–Crippen LogP) is 3.94. The van der Waals surface area contributed by atoms with Crippen molar-refractivity contribution in [1.82, 2.24) is 0 Å². The molecule has 18 heavy (non-hydrogen) atoms. The highest BCUT2D eigenvalue weighted by molar-refractivity contribution is 9.10. The molecule has 0 aliphatic heterocycles. The number of hydrogen-bond donors (Lipinski definition) is 1. The quantitative estimate of drug-likeness (QED) is 0.754. The van der Waals surface area contributed by atoms with Crippen LogP contribution in [0.1, 0.15) is 6.92 Å². The van der Waals surface area contributed by atoms with Gasteiger partial charge >= 0.3 is 5.97 Å². The van der Waals surface area contributed by atoms with Crippen LogP contribution in [0.2, 0.25) is 5.02 Å². The minimum atomic E-state index is -0.760. The van der Waals surface area contributed by atoms with Gasteiger partial charge in [-0.15, -0.1) is 0 Å². The number of halogens is 2. The largest absolute Gasteiger partial charge is 0.492 e. The van der Waals surface area contributed by atoms with E-state index in [1.807, 2.05) is 0 Å². The maximum Gasteiger partial charge on any atom is 0.307 e. The second-order valence-electron chi connectivity index (χ2n) is 3.74. The molecule has 0 amide bonds. The number of thioether (sulfide) groups is 1. The van der Waals surface area contributed by atoms with Gasteiger partial charge in [0, 0.05) is 16.5 Å². The molecule has 1 N–H and O–H groups in total. The van der Waals surface area contributed by atoms with Gasteiger partial charge in [0.2, 0.25) is 0 Å². The lowest BCUT2D eigenvalue weighted by molar-refractivity contribution is -0.140. The van der Waals surface area contributed by atoms with Gasteiger partial charge in [-0.1, -0.05) is 18.5 Å². The molecule has 1 atom stereocenters. The molecule has 1 unspecified atom stereocenters. The summed E-state index contributed by atoms with van der Waals surface area (Å²) in [6.45, 7) is 2.24. The molecule has 1 aromatic rings. The van der Waals surface area contributed by atoms with Crippen molar-refractivity contribution in [3.8, 4) is 5.75 Å². The molecule has 0 saturated heterocycles. The van der Waals surface area contributed by atoms with Gasteiger partial charge in [-0.05, 0) is 34.1 Å². The van der Waals surface area contributed by atoms with Crippen molar-refractivity contribution in [1.29, 1.82) is 0 Å². The van der Waals surface area contributed by atoms with Crippen molar-refractivity contribution in [3.63, 3.8) is 0 Å². The molecule has 0 spiro atoms. The lowest BCUT2D eigenvalue weighted by Gasteiger charge is -2.09. The Bertz CT molecular complexity index is 414. The molecular formula is C12H14BrClO3S. The van der Waals surface area contributed by atoms with Gasteiger partial charge in [0.25, 0.3) is 0 Å². The van der Waals surface area contributed by atoms with Crippen molar-refractivity contribution >= 4 is 45.3 Å². The number of carboxylic acid groups (broad SMARTS) is 1. The summed E-state index contributed by atoms with van der Waals surface area (Å²) >= 11 is 10.8. The standard InChI is InChI=1S/C12H14BrClO3S/c1-8(12(15)16)7-18-5-4-17-11-3-2-9(14)6-10(11)13/h2-3,6,8H,4-5,7H2,1H3,(H,15,16). The van der Waals surface area contributed by atoms with Crippen molar-refractivity contribution in [3.05, 3.63) is 27.7 Å². The van der Waals surface area contributed by atoms with Crippen LogP contribution in [0.25, 0.3) is 0 Å². The normalized spacial score (nSPS) is 12.2. The summed E-state index contributed by atoms with van der Waals surface area (Å²) in [5, 5.41) is 9.37. The van der Waals surface area contributed by atoms with Crippen LogP contribution < -0.4 is 4.74 Å². The summed E-state index contributed by atoms with van der Waals surface area (Å²) < 4.78 is 6.38. The first-order valence-corrected chi connectivity index (χ1v) is 7.71. The van der Waals surface area contributed by atoms with Crippen molar-refractivity contribution < 1.29 is 14.6 Å². The molecule has 0 aliphatic rings. The molecule has 0 heterocycles. The topological polar surface area (TPSA) is 46.5 Å². The molecule has 1 aromatic carbocycles. The van der Waals surface area contributed by atoms with Gasteiger partial charge in [0.1, 0.15) is 5.75 Å². The second-order valence-corrected chi connectivity index (χ2v) is 6.18. The fourth-order valence-corrected chi connectivity index (χ4v) is 2.80. The van der Waals surface area contributed by atoms with Crippen molar-refractivity contribution in [2.24, 2.45) is 5.92 Å². The summed E-state index contributed by atoms with van der Waals surface area (Å²) in [5.41, 5.74) is 0. The molecule has 6 heteroatoms. The summed E-state index contributed by atoms with van der Waals surface area (Å²) in [7, 11) is 0. The number of hydrogen-bond acceptors (Lipinski definition) is 3. The highest BCUT2D eigenvalue weighted by atomic mass is 79.9. The molecule has 1 rings (SSSR count). The Morgan fingerprint density at radius 1 is 1.61 bits per heavy atom. The number of aliphatic carboxylic acids is 1. The smallest absolute Gasteiger partial charge is 0.307 e. The van der Waals surface area contributed by atoms with E-state index in [1.54, 1.807) is 36.9 Å². The lowest BCUT2D eigenvalue weighted by atomic mass is 10.2. The van der Waals surface area contributed by atoms with Crippen LogP contribution in [0.3, 0.4) is 0 Å². The van der Waals surface area contributed by atoms with Crippen LogP contribution >= 0.6 is 39.3 Å². The molecule has 0 saturated carbocycles. The van der Waals surface area contributed by atoms with Crippen LogP contribution in [-0.4, -0.2) is 29.2 Å². The number of carbonyl (C=O) groups is 1. The zero-order valence-corrected chi connectivity index (χ0v) is 13.0. The number of ether oxygens (including phenoxy) is 1. The van der Waals surface area contributed by atoms with E-state index < -0.39 is 5.97 Å². The third-order valence-electron chi connectivity index (χ3n) is 2.17. The van der Waals surface area contributed by atoms with Crippen LogP contribution in [0.15, 0.2) is 22.7 Å². The van der Waals surface area contributed by atoms with Gasteiger partial charge in [-0.25, -0.2) is 0 Å². The highest BCUT2D eigenvalue weighted by Gasteiger charge is 2.10. The summed E-state index contributed by atoms with van der Waals surface area (Å²) in [6, 6.07) is 5.34. The molecule has 0 bridgehead atoms. The van der Waals surface area contributed by atoms with E-state index in [9.17, 15) is 4.79 Å². The van der Waals surface area contributed by atoms with Crippen LogP contribution in [0, 0.1) is 5.92 Å². The second kappa shape index (κ2) is 7.92. The molecule has 3 nitrogen and oxygen atoms in total. The molecule has 0 fully saturated rings. The zero-order valence-electron chi connectivity index (χ0n) is 9.86. The number of benzene rings is 1. The maximum atomic E-state index is 10.6. The third kappa shape index (κ3) is 5.50. The summed E-state index contributed by atoms with van der Waals surface area (Å²) in [4.78, 5) is 10.6. The Balaban J connectivity index is 2.24. The van der Waals surface area contributed by atoms with Gasteiger partial charge in [-0.3, -0.25) is 4.79 Å². The van der Waals surface area contributed by atoms with E-state index in [0.29, 0.717) is 17.4 Å². The Kier molecular flexibility index (Phi) is 6.89. The van der Waals surface area contributed by atoms with Crippen LogP contribution in [0.5, 0.6) is 5.75 Å². The van der Waals surface area contributed by atoms with E-state index in [1.165, 1.54) is 0 Å². The van der Waals surface area contributed by atoms with E-state index in [-0.39, 0.29) is 5.92 Å². The summed E-state index contributed by atoms with van der Waals surface area (Å²) in [6.07, 6.45) is 0. The Morgan fingerprint density at radius 2 is 2.33 bits per heavy atom. The minimum absolute atomic E-state index is 0.322. The third-order valence-corrected chi connectivity index (χ3v) is 4.21. The van der Waals surface area contributed by atoms with Crippen molar-refractivity contribution in [2.45, 2.75) is 6.92 Å². The first-order valence-electron chi connectivity index (χ1n) is 5.39. The van der Waals surface area contributed by atoms with E-state index >= 15 is 0 Å². The lowest BCUT2D eigenvalue weighted by Crippen LogP contribution is -2.13. The van der Waals surface area contributed by atoms with Crippen LogP contribution in [0.4, 0.5) is 0 Å². The van der Waals surface area contributed by atoms with E-state index in [2.05, 4.69) is 15.9 Å².